The summed E-state index contributed by atoms with van der Waals surface area (Å²) in [6.45, 7) is 0.282. The van der Waals surface area contributed by atoms with Gasteiger partial charge in [0.2, 0.25) is 0 Å². The van der Waals surface area contributed by atoms with Crippen LogP contribution in [0.3, 0.4) is 0 Å². The highest BCUT2D eigenvalue weighted by Crippen LogP contribution is 2.21. The van der Waals surface area contributed by atoms with Crippen LogP contribution in [0.1, 0.15) is 0 Å². The molecule has 0 atom stereocenters. The van der Waals surface area contributed by atoms with E-state index in [1.54, 1.807) is 7.11 Å². The first-order chi connectivity index (χ1) is 7.90. The van der Waals surface area contributed by atoms with E-state index in [1.807, 2.05) is 42.5 Å². The zero-order valence-corrected chi connectivity index (χ0v) is 9.22. The van der Waals surface area contributed by atoms with E-state index in [2.05, 4.69) is 12.1 Å². The van der Waals surface area contributed by atoms with Gasteiger partial charge in [0.25, 0.3) is 0 Å². The average Bonchev–Trinajstić information content (AvgIpc) is 2.38. The smallest absolute Gasteiger partial charge is 0.188 e. The van der Waals surface area contributed by atoms with Gasteiger partial charge in [-0.3, -0.25) is 0 Å². The maximum Gasteiger partial charge on any atom is 0.188 e. The summed E-state index contributed by atoms with van der Waals surface area (Å²) in [6.07, 6.45) is 0. The molecule has 0 saturated heterocycles. The van der Waals surface area contributed by atoms with Crippen molar-refractivity contribution < 1.29 is 9.47 Å². The fraction of sp³-hybridized carbons (Fsp3) is 0.143. The zero-order chi connectivity index (χ0) is 11.2. The number of methoxy groups -OCH3 is 1. The van der Waals surface area contributed by atoms with Gasteiger partial charge in [0.05, 0.1) is 0 Å². The second kappa shape index (κ2) is 5.33. The van der Waals surface area contributed by atoms with E-state index < -0.39 is 0 Å². The first-order valence-electron chi connectivity index (χ1n) is 5.17. The zero-order valence-electron chi connectivity index (χ0n) is 9.22. The molecule has 0 radical (unpaired) electrons. The molecule has 0 N–H and O–H groups in total. The minimum absolute atomic E-state index is 0.282. The van der Waals surface area contributed by atoms with Gasteiger partial charge in [0, 0.05) is 7.11 Å². The second-order valence-corrected chi connectivity index (χ2v) is 3.44. The van der Waals surface area contributed by atoms with Gasteiger partial charge in [0.15, 0.2) is 6.79 Å². The molecule has 2 nitrogen and oxygen atoms in total. The Morgan fingerprint density at radius 2 is 1.44 bits per heavy atom. The van der Waals surface area contributed by atoms with Crippen LogP contribution in [-0.2, 0) is 4.74 Å². The summed E-state index contributed by atoms with van der Waals surface area (Å²) < 4.78 is 10.2. The van der Waals surface area contributed by atoms with Gasteiger partial charge in [-0.2, -0.15) is 0 Å². The Hall–Kier alpha value is -1.80. The largest absolute Gasteiger partial charge is 0.468 e. The van der Waals surface area contributed by atoms with E-state index in [0.717, 1.165) is 5.75 Å². The summed E-state index contributed by atoms with van der Waals surface area (Å²) in [5.41, 5.74) is 2.39. The van der Waals surface area contributed by atoms with E-state index in [1.165, 1.54) is 11.1 Å². The summed E-state index contributed by atoms with van der Waals surface area (Å²) in [6, 6.07) is 18.2. The van der Waals surface area contributed by atoms with Gasteiger partial charge in [-0.05, 0) is 23.3 Å². The van der Waals surface area contributed by atoms with E-state index in [9.17, 15) is 0 Å². The van der Waals surface area contributed by atoms with Crippen LogP contribution in [-0.4, -0.2) is 13.9 Å². The molecule has 0 amide bonds. The maximum absolute atomic E-state index is 5.32. The van der Waals surface area contributed by atoms with Crippen LogP contribution >= 0.6 is 0 Å². The molecule has 0 fully saturated rings. The van der Waals surface area contributed by atoms with Crippen LogP contribution in [0.5, 0.6) is 5.75 Å². The number of benzene rings is 2. The Morgan fingerprint density at radius 3 is 2.06 bits per heavy atom. The maximum atomic E-state index is 5.32. The lowest BCUT2D eigenvalue weighted by molar-refractivity contribution is 0.0511. The molecule has 0 aliphatic carbocycles. The minimum Gasteiger partial charge on any atom is -0.468 e. The lowest BCUT2D eigenvalue weighted by Gasteiger charge is -2.05. The van der Waals surface area contributed by atoms with Crippen molar-refractivity contribution in [2.45, 2.75) is 0 Å². The molecule has 0 saturated carbocycles. The highest BCUT2D eigenvalue weighted by atomic mass is 16.7. The molecule has 0 spiro atoms. The van der Waals surface area contributed by atoms with Crippen molar-refractivity contribution >= 4 is 0 Å². The molecule has 2 aromatic rings. The van der Waals surface area contributed by atoms with Crippen molar-refractivity contribution in [2.24, 2.45) is 0 Å². The fourth-order valence-corrected chi connectivity index (χ4v) is 1.50. The Morgan fingerprint density at radius 1 is 0.812 bits per heavy atom. The Kier molecular flexibility index (Phi) is 3.57. The summed E-state index contributed by atoms with van der Waals surface area (Å²) in [4.78, 5) is 0. The first kappa shape index (κ1) is 10.7. The summed E-state index contributed by atoms with van der Waals surface area (Å²) in [7, 11) is 1.61. The molecule has 0 bridgehead atoms. The highest BCUT2D eigenvalue weighted by molar-refractivity contribution is 5.63. The van der Waals surface area contributed by atoms with E-state index in [0.29, 0.717) is 0 Å². The number of hydrogen-bond donors (Lipinski definition) is 0. The molecule has 0 heterocycles. The quantitative estimate of drug-likeness (QED) is 0.727. The van der Waals surface area contributed by atoms with E-state index >= 15 is 0 Å². The minimum atomic E-state index is 0.282. The van der Waals surface area contributed by atoms with Crippen LogP contribution < -0.4 is 4.74 Å². The van der Waals surface area contributed by atoms with Crippen molar-refractivity contribution in [2.75, 3.05) is 13.9 Å². The third-order valence-electron chi connectivity index (χ3n) is 2.30. The number of hydrogen-bond acceptors (Lipinski definition) is 2. The van der Waals surface area contributed by atoms with Crippen LogP contribution in [0.4, 0.5) is 0 Å². The summed E-state index contributed by atoms with van der Waals surface area (Å²) in [5, 5.41) is 0. The molecular weight excluding hydrogens is 200 g/mol. The van der Waals surface area contributed by atoms with Crippen LogP contribution in [0.2, 0.25) is 0 Å². The third-order valence-corrected chi connectivity index (χ3v) is 2.30. The topological polar surface area (TPSA) is 18.5 Å². The molecular formula is C14H14O2. The monoisotopic (exact) mass is 214 g/mol. The summed E-state index contributed by atoms with van der Waals surface area (Å²) >= 11 is 0. The highest BCUT2D eigenvalue weighted by Gasteiger charge is 1.97. The van der Waals surface area contributed by atoms with Gasteiger partial charge >= 0.3 is 0 Å². The molecule has 82 valence electrons. The van der Waals surface area contributed by atoms with Gasteiger partial charge < -0.3 is 9.47 Å². The number of ether oxygens (including phenoxy) is 2. The molecule has 0 aliphatic heterocycles. The predicted octanol–water partition coefficient (Wildman–Crippen LogP) is 3.34. The van der Waals surface area contributed by atoms with Crippen LogP contribution in [0, 0.1) is 0 Å². The van der Waals surface area contributed by atoms with E-state index in [4.69, 9.17) is 9.47 Å². The average molecular weight is 214 g/mol. The van der Waals surface area contributed by atoms with Crippen LogP contribution in [0.25, 0.3) is 11.1 Å². The SMILES string of the molecule is COCOc1ccc(-c2ccccc2)cc1. The Labute approximate surface area is 95.4 Å². The molecule has 0 unspecified atom stereocenters. The first-order valence-corrected chi connectivity index (χ1v) is 5.17. The Bertz CT molecular complexity index is 420. The molecule has 2 aromatic carbocycles. The lowest BCUT2D eigenvalue weighted by atomic mass is 10.1. The van der Waals surface area contributed by atoms with Crippen LogP contribution in [0.15, 0.2) is 54.6 Å². The molecule has 2 heteroatoms. The standard InChI is InChI=1S/C14H14O2/c1-15-11-16-14-9-7-13(8-10-14)12-5-3-2-4-6-12/h2-10H,11H2,1H3. The number of rotatable bonds is 4. The normalized spacial score (nSPS) is 10.1. The molecule has 0 aromatic heterocycles. The van der Waals surface area contributed by atoms with Gasteiger partial charge in [-0.1, -0.05) is 42.5 Å². The summed E-state index contributed by atoms with van der Waals surface area (Å²) in [5.74, 6) is 0.821. The van der Waals surface area contributed by atoms with Crippen molar-refractivity contribution in [1.82, 2.24) is 0 Å². The van der Waals surface area contributed by atoms with Crippen molar-refractivity contribution in [3.8, 4) is 16.9 Å². The second-order valence-electron chi connectivity index (χ2n) is 3.44. The van der Waals surface area contributed by atoms with Crippen molar-refractivity contribution in [3.05, 3.63) is 54.6 Å². The molecule has 16 heavy (non-hydrogen) atoms. The van der Waals surface area contributed by atoms with Crippen molar-refractivity contribution in [1.29, 1.82) is 0 Å². The van der Waals surface area contributed by atoms with E-state index in [-0.39, 0.29) is 6.79 Å². The third kappa shape index (κ3) is 2.61. The lowest BCUT2D eigenvalue weighted by Crippen LogP contribution is -1.98. The van der Waals surface area contributed by atoms with Gasteiger partial charge in [-0.15, -0.1) is 0 Å². The van der Waals surface area contributed by atoms with Crippen molar-refractivity contribution in [3.63, 3.8) is 0 Å². The molecule has 2 rings (SSSR count). The fourth-order valence-electron chi connectivity index (χ4n) is 1.50. The Balaban J connectivity index is 2.13. The van der Waals surface area contributed by atoms with Gasteiger partial charge in [-0.25, -0.2) is 0 Å². The molecule has 0 aliphatic rings. The predicted molar refractivity (Wildman–Crippen MR) is 64.4 cm³/mol. The van der Waals surface area contributed by atoms with Gasteiger partial charge in [0.1, 0.15) is 5.75 Å².